The molecule has 1 heterocycles. The zero-order chi connectivity index (χ0) is 14.4. The Balaban J connectivity index is 2.57. The number of pyridine rings is 1. The van der Waals surface area contributed by atoms with E-state index in [2.05, 4.69) is 10.3 Å². The molecule has 3 amide bonds. The van der Waals surface area contributed by atoms with Crippen LogP contribution in [0.4, 0.5) is 4.79 Å². The smallest absolute Gasteiger partial charge is 0.335 e. The molecule has 0 fully saturated rings. The van der Waals surface area contributed by atoms with Crippen molar-refractivity contribution in [1.82, 2.24) is 15.2 Å². The van der Waals surface area contributed by atoms with Gasteiger partial charge in [-0.1, -0.05) is 0 Å². The fraction of sp³-hybridized carbons (Fsp3) is 0.273. The molecule has 1 rings (SSSR count). The molecule has 0 atom stereocenters. The van der Waals surface area contributed by atoms with Crippen LogP contribution in [0.2, 0.25) is 0 Å². The van der Waals surface area contributed by atoms with Gasteiger partial charge in [-0.05, 0) is 12.1 Å². The number of rotatable bonds is 5. The van der Waals surface area contributed by atoms with Crippen LogP contribution >= 0.6 is 0 Å². The molecule has 8 heteroatoms. The van der Waals surface area contributed by atoms with E-state index in [9.17, 15) is 14.4 Å². The molecule has 102 valence electrons. The first-order valence-electron chi connectivity index (χ1n) is 5.35. The summed E-state index contributed by atoms with van der Waals surface area (Å²) in [5.41, 5.74) is 5.44. The Labute approximate surface area is 109 Å². The third-order valence-electron chi connectivity index (χ3n) is 2.22. The number of urea groups is 1. The number of amides is 3. The van der Waals surface area contributed by atoms with E-state index in [1.165, 1.54) is 25.4 Å². The van der Waals surface area contributed by atoms with Crippen LogP contribution in [0.5, 0.6) is 0 Å². The van der Waals surface area contributed by atoms with E-state index in [1.54, 1.807) is 0 Å². The maximum atomic E-state index is 11.5. The van der Waals surface area contributed by atoms with E-state index in [-0.39, 0.29) is 18.7 Å². The number of nitrogens with two attached hydrogens (primary N) is 1. The Hall–Kier alpha value is -2.64. The van der Waals surface area contributed by atoms with Gasteiger partial charge >= 0.3 is 12.0 Å². The van der Waals surface area contributed by atoms with Crippen molar-refractivity contribution in [2.45, 2.75) is 6.54 Å². The molecule has 0 spiro atoms. The lowest BCUT2D eigenvalue weighted by molar-refractivity contribution is -0.118. The molecule has 1 aromatic rings. The van der Waals surface area contributed by atoms with Crippen molar-refractivity contribution in [3.63, 3.8) is 0 Å². The van der Waals surface area contributed by atoms with Gasteiger partial charge in [-0.3, -0.25) is 9.78 Å². The van der Waals surface area contributed by atoms with Crippen molar-refractivity contribution in [1.29, 1.82) is 0 Å². The van der Waals surface area contributed by atoms with Gasteiger partial charge in [0.15, 0.2) is 0 Å². The second-order valence-electron chi connectivity index (χ2n) is 3.82. The van der Waals surface area contributed by atoms with Crippen LogP contribution in [0.15, 0.2) is 18.3 Å². The molecule has 0 bridgehead atoms. The fourth-order valence-electron chi connectivity index (χ4n) is 1.31. The lowest BCUT2D eigenvalue weighted by Crippen LogP contribution is -2.41. The molecule has 0 aliphatic carbocycles. The first-order chi connectivity index (χ1) is 8.90. The molecule has 0 aliphatic heterocycles. The van der Waals surface area contributed by atoms with E-state index >= 15 is 0 Å². The zero-order valence-corrected chi connectivity index (χ0v) is 10.3. The highest BCUT2D eigenvalue weighted by molar-refractivity contribution is 5.87. The standard InChI is InChI=1S/C11H14N4O4/c1-15(6-9(12)16)11(19)14-5-8-4-7(10(17)18)2-3-13-8/h2-4H,5-6H2,1H3,(H2,12,16)(H,14,19)(H,17,18). The number of aromatic nitrogens is 1. The highest BCUT2D eigenvalue weighted by atomic mass is 16.4. The number of hydrogen-bond donors (Lipinski definition) is 3. The van der Waals surface area contributed by atoms with E-state index in [0.29, 0.717) is 5.69 Å². The van der Waals surface area contributed by atoms with Crippen LogP contribution < -0.4 is 11.1 Å². The number of carbonyl (C=O) groups is 3. The predicted octanol–water partition coefficient (Wildman–Crippen LogP) is -0.593. The summed E-state index contributed by atoms with van der Waals surface area (Å²) in [6.07, 6.45) is 1.35. The summed E-state index contributed by atoms with van der Waals surface area (Å²) in [6, 6.07) is 2.21. The summed E-state index contributed by atoms with van der Waals surface area (Å²) < 4.78 is 0. The minimum absolute atomic E-state index is 0.0586. The van der Waals surface area contributed by atoms with E-state index < -0.39 is 17.9 Å². The summed E-state index contributed by atoms with van der Waals surface area (Å²) in [6.45, 7) is -0.141. The molecule has 0 aromatic carbocycles. The first-order valence-corrected chi connectivity index (χ1v) is 5.35. The number of carboxylic acid groups (broad SMARTS) is 1. The summed E-state index contributed by atoms with van der Waals surface area (Å²) in [4.78, 5) is 38.0. The second kappa shape index (κ2) is 6.34. The Morgan fingerprint density at radius 3 is 2.74 bits per heavy atom. The number of nitrogens with one attached hydrogen (secondary N) is 1. The van der Waals surface area contributed by atoms with Gasteiger partial charge in [0.05, 0.1) is 17.8 Å². The summed E-state index contributed by atoms with van der Waals surface area (Å²) in [5, 5.41) is 11.3. The van der Waals surface area contributed by atoms with Gasteiger partial charge in [0.2, 0.25) is 5.91 Å². The quantitative estimate of drug-likeness (QED) is 0.656. The molecular formula is C11H14N4O4. The van der Waals surface area contributed by atoms with Crippen LogP contribution in [-0.4, -0.2) is 46.5 Å². The first kappa shape index (κ1) is 14.4. The third kappa shape index (κ3) is 4.62. The number of carbonyl (C=O) groups excluding carboxylic acids is 2. The third-order valence-corrected chi connectivity index (χ3v) is 2.22. The SMILES string of the molecule is CN(CC(N)=O)C(=O)NCc1cc(C(=O)O)ccn1. The van der Waals surface area contributed by atoms with Gasteiger partial charge in [0, 0.05) is 13.2 Å². The predicted molar refractivity (Wildman–Crippen MR) is 65.3 cm³/mol. The summed E-state index contributed by atoms with van der Waals surface area (Å²) in [7, 11) is 1.42. The van der Waals surface area contributed by atoms with Gasteiger partial charge in [-0.25, -0.2) is 9.59 Å². The van der Waals surface area contributed by atoms with Gasteiger partial charge in [-0.2, -0.15) is 0 Å². The topological polar surface area (TPSA) is 126 Å². The molecule has 0 saturated carbocycles. The largest absolute Gasteiger partial charge is 0.478 e. The van der Waals surface area contributed by atoms with E-state index in [1.807, 2.05) is 0 Å². The van der Waals surface area contributed by atoms with E-state index in [0.717, 1.165) is 4.90 Å². The molecule has 8 nitrogen and oxygen atoms in total. The summed E-state index contributed by atoms with van der Waals surface area (Å²) in [5.74, 6) is -1.69. The van der Waals surface area contributed by atoms with Crippen LogP contribution in [0.25, 0.3) is 0 Å². The number of likely N-dealkylation sites (N-methyl/N-ethyl adjacent to an activating group) is 1. The molecule has 0 saturated heterocycles. The summed E-state index contributed by atoms with van der Waals surface area (Å²) >= 11 is 0. The van der Waals surface area contributed by atoms with Gasteiger partial charge in [-0.15, -0.1) is 0 Å². The highest BCUT2D eigenvalue weighted by Crippen LogP contribution is 2.01. The van der Waals surface area contributed by atoms with Gasteiger partial charge in [0.25, 0.3) is 0 Å². The Kier molecular flexibility index (Phi) is 4.81. The minimum Gasteiger partial charge on any atom is -0.478 e. The van der Waals surface area contributed by atoms with Crippen molar-refractivity contribution in [2.24, 2.45) is 5.73 Å². The molecule has 0 radical (unpaired) electrons. The van der Waals surface area contributed by atoms with Crippen LogP contribution in [0, 0.1) is 0 Å². The Morgan fingerprint density at radius 2 is 2.16 bits per heavy atom. The number of primary amides is 1. The molecular weight excluding hydrogens is 252 g/mol. The Bertz CT molecular complexity index is 503. The van der Waals surface area contributed by atoms with Crippen molar-refractivity contribution in [3.8, 4) is 0 Å². The van der Waals surface area contributed by atoms with Crippen molar-refractivity contribution in [3.05, 3.63) is 29.6 Å². The minimum atomic E-state index is -1.07. The van der Waals surface area contributed by atoms with Crippen LogP contribution in [0.1, 0.15) is 16.1 Å². The molecule has 19 heavy (non-hydrogen) atoms. The molecule has 1 aromatic heterocycles. The maximum Gasteiger partial charge on any atom is 0.335 e. The van der Waals surface area contributed by atoms with Crippen molar-refractivity contribution in [2.75, 3.05) is 13.6 Å². The van der Waals surface area contributed by atoms with E-state index in [4.69, 9.17) is 10.8 Å². The van der Waals surface area contributed by atoms with Gasteiger partial charge in [0.1, 0.15) is 6.54 Å². The number of hydrogen-bond acceptors (Lipinski definition) is 4. The second-order valence-corrected chi connectivity index (χ2v) is 3.82. The van der Waals surface area contributed by atoms with Crippen LogP contribution in [-0.2, 0) is 11.3 Å². The fourth-order valence-corrected chi connectivity index (χ4v) is 1.31. The number of carboxylic acids is 1. The Morgan fingerprint density at radius 1 is 1.47 bits per heavy atom. The normalized spacial score (nSPS) is 9.74. The monoisotopic (exact) mass is 266 g/mol. The van der Waals surface area contributed by atoms with Gasteiger partial charge < -0.3 is 21.1 Å². The van der Waals surface area contributed by atoms with Crippen LogP contribution in [0.3, 0.4) is 0 Å². The van der Waals surface area contributed by atoms with Crippen molar-refractivity contribution < 1.29 is 19.5 Å². The number of aromatic carboxylic acids is 1. The molecule has 0 unspecified atom stereocenters. The average Bonchev–Trinajstić information content (AvgIpc) is 2.35. The lowest BCUT2D eigenvalue weighted by Gasteiger charge is -2.15. The molecule has 4 N–H and O–H groups in total. The zero-order valence-electron chi connectivity index (χ0n) is 10.3. The average molecular weight is 266 g/mol. The molecule has 0 aliphatic rings. The number of nitrogens with zero attached hydrogens (tertiary/aromatic N) is 2. The highest BCUT2D eigenvalue weighted by Gasteiger charge is 2.11. The lowest BCUT2D eigenvalue weighted by atomic mass is 10.2. The van der Waals surface area contributed by atoms with Crippen molar-refractivity contribution >= 4 is 17.9 Å². The maximum absolute atomic E-state index is 11.5.